The minimum Gasteiger partial charge on any atom is -0.386 e. The van der Waals surface area contributed by atoms with E-state index in [0.29, 0.717) is 0 Å². The van der Waals surface area contributed by atoms with E-state index in [0.717, 1.165) is 35.7 Å². The normalized spacial score (nSPS) is 21.7. The topological polar surface area (TPSA) is 46.2 Å². The summed E-state index contributed by atoms with van der Waals surface area (Å²) < 4.78 is 0.942. The maximum atomic E-state index is 10.4. The number of hydrogen-bond acceptors (Lipinski definition) is 2. The molecule has 3 heteroatoms. The fraction of sp³-hybridized carbons (Fsp3) is 0.538. The van der Waals surface area contributed by atoms with Crippen LogP contribution in [0.25, 0.3) is 0 Å². The summed E-state index contributed by atoms with van der Waals surface area (Å²) in [6.45, 7) is 0. The van der Waals surface area contributed by atoms with Crippen LogP contribution in [0, 0.1) is 0 Å². The van der Waals surface area contributed by atoms with Gasteiger partial charge in [0.25, 0.3) is 0 Å². The molecule has 1 atom stereocenters. The van der Waals surface area contributed by atoms with Crippen molar-refractivity contribution in [2.24, 2.45) is 5.73 Å². The Morgan fingerprint density at radius 3 is 2.44 bits per heavy atom. The van der Waals surface area contributed by atoms with Gasteiger partial charge in [-0.1, -0.05) is 53.4 Å². The monoisotopic (exact) mass is 283 g/mol. The van der Waals surface area contributed by atoms with Gasteiger partial charge in [-0.25, -0.2) is 0 Å². The second-order valence-corrected chi connectivity index (χ2v) is 5.57. The Morgan fingerprint density at radius 2 is 1.81 bits per heavy atom. The van der Waals surface area contributed by atoms with Crippen LogP contribution in [-0.4, -0.2) is 10.6 Å². The molecule has 0 aromatic heterocycles. The van der Waals surface area contributed by atoms with Crippen LogP contribution in [0.5, 0.6) is 0 Å². The Labute approximate surface area is 105 Å². The van der Waals surface area contributed by atoms with E-state index >= 15 is 0 Å². The number of benzene rings is 1. The number of aliphatic hydroxyl groups excluding tert-OH is 1. The van der Waals surface area contributed by atoms with Gasteiger partial charge in [0.05, 0.1) is 6.10 Å². The van der Waals surface area contributed by atoms with E-state index in [1.807, 2.05) is 24.3 Å². The number of rotatable bonds is 2. The molecule has 1 saturated carbocycles. The van der Waals surface area contributed by atoms with Crippen LogP contribution in [0.15, 0.2) is 28.7 Å². The number of halogens is 1. The second-order valence-electron chi connectivity index (χ2n) is 4.72. The first kappa shape index (κ1) is 12.1. The predicted molar refractivity (Wildman–Crippen MR) is 69.1 cm³/mol. The molecule has 0 spiro atoms. The molecule has 1 aliphatic rings. The number of hydrogen-bond donors (Lipinski definition) is 2. The molecule has 16 heavy (non-hydrogen) atoms. The molecule has 0 bridgehead atoms. The van der Waals surface area contributed by atoms with Crippen LogP contribution >= 0.6 is 15.9 Å². The molecule has 2 nitrogen and oxygen atoms in total. The Balaban J connectivity index is 2.24. The maximum Gasteiger partial charge on any atom is 0.0980 e. The van der Waals surface area contributed by atoms with Crippen LogP contribution in [-0.2, 0) is 0 Å². The molecule has 0 saturated heterocycles. The van der Waals surface area contributed by atoms with Crippen molar-refractivity contribution < 1.29 is 5.11 Å². The Morgan fingerprint density at radius 1 is 1.19 bits per heavy atom. The highest BCUT2D eigenvalue weighted by molar-refractivity contribution is 9.10. The predicted octanol–water partition coefficient (Wildman–Crippen LogP) is 3.14. The van der Waals surface area contributed by atoms with Gasteiger partial charge in [-0.2, -0.15) is 0 Å². The molecule has 1 aliphatic carbocycles. The smallest absolute Gasteiger partial charge is 0.0980 e. The molecule has 0 radical (unpaired) electrons. The Hall–Kier alpha value is -0.380. The fourth-order valence-corrected chi connectivity index (χ4v) is 2.99. The molecule has 1 fully saturated rings. The quantitative estimate of drug-likeness (QED) is 0.876. The second kappa shape index (κ2) is 4.86. The molecule has 1 aromatic carbocycles. The van der Waals surface area contributed by atoms with Crippen molar-refractivity contribution in [3.05, 3.63) is 34.3 Å². The van der Waals surface area contributed by atoms with Crippen molar-refractivity contribution in [3.63, 3.8) is 0 Å². The van der Waals surface area contributed by atoms with Crippen molar-refractivity contribution in [2.75, 3.05) is 0 Å². The third kappa shape index (κ3) is 2.31. The lowest BCUT2D eigenvalue weighted by atomic mass is 9.76. The molecule has 0 heterocycles. The molecule has 88 valence electrons. The van der Waals surface area contributed by atoms with Gasteiger partial charge in [-0.15, -0.1) is 0 Å². The van der Waals surface area contributed by atoms with E-state index < -0.39 is 11.6 Å². The lowest BCUT2D eigenvalue weighted by molar-refractivity contribution is 0.0581. The first-order valence-corrected chi connectivity index (χ1v) is 6.64. The van der Waals surface area contributed by atoms with Crippen molar-refractivity contribution in [3.8, 4) is 0 Å². The maximum absolute atomic E-state index is 10.4. The van der Waals surface area contributed by atoms with Crippen LogP contribution in [0.4, 0.5) is 0 Å². The highest BCUT2D eigenvalue weighted by Crippen LogP contribution is 2.38. The van der Waals surface area contributed by atoms with Crippen molar-refractivity contribution in [2.45, 2.75) is 43.7 Å². The van der Waals surface area contributed by atoms with Crippen molar-refractivity contribution >= 4 is 15.9 Å². The van der Waals surface area contributed by atoms with E-state index in [4.69, 9.17) is 5.73 Å². The van der Waals surface area contributed by atoms with E-state index in [9.17, 15) is 5.11 Å². The summed E-state index contributed by atoms with van der Waals surface area (Å²) in [6.07, 6.45) is 4.74. The van der Waals surface area contributed by atoms with Gasteiger partial charge in [0, 0.05) is 10.0 Å². The first-order valence-electron chi connectivity index (χ1n) is 5.85. The third-order valence-electron chi connectivity index (χ3n) is 3.53. The van der Waals surface area contributed by atoms with Gasteiger partial charge in [-0.05, 0) is 24.5 Å². The Kier molecular flexibility index (Phi) is 3.67. The first-order chi connectivity index (χ1) is 7.63. The van der Waals surface area contributed by atoms with Crippen LogP contribution < -0.4 is 5.73 Å². The van der Waals surface area contributed by atoms with E-state index in [1.54, 1.807) is 0 Å². The summed E-state index contributed by atoms with van der Waals surface area (Å²) in [6, 6.07) is 7.78. The molecular formula is C13H18BrNO. The zero-order valence-electron chi connectivity index (χ0n) is 9.32. The zero-order chi connectivity index (χ0) is 11.6. The minimum absolute atomic E-state index is 0.442. The summed E-state index contributed by atoms with van der Waals surface area (Å²) in [7, 11) is 0. The van der Waals surface area contributed by atoms with Gasteiger partial charge in [0.15, 0.2) is 0 Å². The number of nitrogens with two attached hydrogens (primary N) is 1. The largest absolute Gasteiger partial charge is 0.386 e. The average molecular weight is 284 g/mol. The summed E-state index contributed by atoms with van der Waals surface area (Å²) in [5, 5.41) is 10.4. The van der Waals surface area contributed by atoms with Crippen LogP contribution in [0.2, 0.25) is 0 Å². The van der Waals surface area contributed by atoms with Crippen LogP contribution in [0.3, 0.4) is 0 Å². The lowest BCUT2D eigenvalue weighted by Gasteiger charge is -2.38. The molecular weight excluding hydrogens is 266 g/mol. The van der Waals surface area contributed by atoms with Crippen LogP contribution in [0.1, 0.15) is 43.8 Å². The Bertz CT molecular complexity index is 361. The molecule has 1 unspecified atom stereocenters. The minimum atomic E-state index is -0.566. The SMILES string of the molecule is NC1(C(O)c2ccccc2Br)CCCCC1. The standard InChI is InChI=1S/C13H18BrNO/c14-11-7-3-2-6-10(11)12(16)13(15)8-4-1-5-9-13/h2-3,6-7,12,16H,1,4-5,8-9,15H2. The van der Waals surface area contributed by atoms with E-state index in [-0.39, 0.29) is 0 Å². The van der Waals surface area contributed by atoms with Gasteiger partial charge in [-0.3, -0.25) is 0 Å². The number of aliphatic hydroxyl groups is 1. The zero-order valence-corrected chi connectivity index (χ0v) is 10.9. The summed E-state index contributed by atoms with van der Waals surface area (Å²) in [5.74, 6) is 0. The van der Waals surface area contributed by atoms with E-state index in [1.165, 1.54) is 6.42 Å². The molecule has 2 rings (SSSR count). The van der Waals surface area contributed by atoms with Gasteiger partial charge < -0.3 is 10.8 Å². The summed E-state index contributed by atoms with van der Waals surface area (Å²) >= 11 is 3.47. The average Bonchev–Trinajstić information content (AvgIpc) is 2.30. The van der Waals surface area contributed by atoms with Gasteiger partial charge >= 0.3 is 0 Å². The highest BCUT2D eigenvalue weighted by Gasteiger charge is 2.36. The van der Waals surface area contributed by atoms with E-state index in [2.05, 4.69) is 15.9 Å². The highest BCUT2D eigenvalue weighted by atomic mass is 79.9. The summed E-state index contributed by atoms with van der Waals surface area (Å²) in [5.41, 5.74) is 6.80. The third-order valence-corrected chi connectivity index (χ3v) is 4.25. The molecule has 0 amide bonds. The lowest BCUT2D eigenvalue weighted by Crippen LogP contribution is -2.47. The van der Waals surface area contributed by atoms with Crippen molar-refractivity contribution in [1.82, 2.24) is 0 Å². The van der Waals surface area contributed by atoms with Gasteiger partial charge in [0.2, 0.25) is 0 Å². The molecule has 3 N–H and O–H groups in total. The molecule has 1 aromatic rings. The molecule has 0 aliphatic heterocycles. The van der Waals surface area contributed by atoms with Crippen molar-refractivity contribution in [1.29, 1.82) is 0 Å². The summed E-state index contributed by atoms with van der Waals surface area (Å²) in [4.78, 5) is 0. The van der Waals surface area contributed by atoms with Gasteiger partial charge in [0.1, 0.15) is 0 Å². The fourth-order valence-electron chi connectivity index (χ4n) is 2.49.